The monoisotopic (exact) mass is 311 g/mol. The molecule has 0 fully saturated rings. The standard InChI is InChI=1S/C16H19F2NO3/c1-2-3-8-22-16(20)19-14-5-4-9-21-15(14)12-10-11(17)6-7-13(12)18/h4,6-7,9-10,14-15H,2-3,5,8H2,1H3,(H,19,20)/t14-,15+/m0/s1. The van der Waals surface area contributed by atoms with Crippen LogP contribution >= 0.6 is 0 Å². The molecule has 4 nitrogen and oxygen atoms in total. The average molecular weight is 311 g/mol. The van der Waals surface area contributed by atoms with Gasteiger partial charge in [0.25, 0.3) is 0 Å². The fourth-order valence-electron chi connectivity index (χ4n) is 2.22. The van der Waals surface area contributed by atoms with Crippen LogP contribution in [0.25, 0.3) is 0 Å². The Bertz CT molecular complexity index is 548. The summed E-state index contributed by atoms with van der Waals surface area (Å²) in [4.78, 5) is 11.7. The Morgan fingerprint density at radius 3 is 3.05 bits per heavy atom. The molecule has 1 heterocycles. The van der Waals surface area contributed by atoms with Gasteiger partial charge in [-0.3, -0.25) is 0 Å². The SMILES string of the molecule is CCCCOC(=O)N[C@H]1CC=CO[C@@H]1c1cc(F)ccc1F. The number of ether oxygens (including phenoxy) is 2. The third-order valence-electron chi connectivity index (χ3n) is 3.38. The smallest absolute Gasteiger partial charge is 0.407 e. The van der Waals surface area contributed by atoms with Crippen molar-refractivity contribution in [3.63, 3.8) is 0 Å². The van der Waals surface area contributed by atoms with Crippen molar-refractivity contribution in [3.05, 3.63) is 47.7 Å². The van der Waals surface area contributed by atoms with Crippen LogP contribution < -0.4 is 5.32 Å². The summed E-state index contributed by atoms with van der Waals surface area (Å²) in [6.07, 6.45) is 3.90. The lowest BCUT2D eigenvalue weighted by atomic mass is 9.97. The van der Waals surface area contributed by atoms with Crippen LogP contribution in [-0.4, -0.2) is 18.7 Å². The summed E-state index contributed by atoms with van der Waals surface area (Å²) >= 11 is 0. The highest BCUT2D eigenvalue weighted by atomic mass is 19.1. The fourth-order valence-corrected chi connectivity index (χ4v) is 2.22. The lowest BCUT2D eigenvalue weighted by molar-refractivity contribution is 0.0775. The first kappa shape index (κ1) is 16.3. The van der Waals surface area contributed by atoms with E-state index in [0.29, 0.717) is 13.0 Å². The maximum Gasteiger partial charge on any atom is 0.407 e. The largest absolute Gasteiger partial charge is 0.491 e. The number of hydrogen-bond acceptors (Lipinski definition) is 3. The topological polar surface area (TPSA) is 47.6 Å². The average Bonchev–Trinajstić information content (AvgIpc) is 2.51. The molecule has 1 aliphatic heterocycles. The molecule has 120 valence electrons. The maximum absolute atomic E-state index is 13.9. The quantitative estimate of drug-likeness (QED) is 0.841. The zero-order chi connectivity index (χ0) is 15.9. The summed E-state index contributed by atoms with van der Waals surface area (Å²) in [6.45, 7) is 2.31. The number of carbonyl (C=O) groups excluding carboxylic acids is 1. The third kappa shape index (κ3) is 4.19. The molecule has 1 N–H and O–H groups in total. The van der Waals surface area contributed by atoms with E-state index in [0.717, 1.165) is 31.0 Å². The summed E-state index contributed by atoms with van der Waals surface area (Å²) in [6, 6.07) is 2.65. The number of amides is 1. The minimum absolute atomic E-state index is 0.0724. The second-order valence-electron chi connectivity index (χ2n) is 5.07. The van der Waals surface area contributed by atoms with Crippen molar-refractivity contribution < 1.29 is 23.0 Å². The van der Waals surface area contributed by atoms with Crippen molar-refractivity contribution in [1.82, 2.24) is 5.32 Å². The van der Waals surface area contributed by atoms with E-state index in [1.807, 2.05) is 6.92 Å². The van der Waals surface area contributed by atoms with Gasteiger partial charge in [0.2, 0.25) is 0 Å². The first-order valence-corrected chi connectivity index (χ1v) is 7.30. The number of alkyl carbamates (subject to hydrolysis) is 1. The van der Waals surface area contributed by atoms with Gasteiger partial charge in [-0.2, -0.15) is 0 Å². The molecule has 0 spiro atoms. The van der Waals surface area contributed by atoms with Crippen LogP contribution in [-0.2, 0) is 9.47 Å². The third-order valence-corrected chi connectivity index (χ3v) is 3.38. The van der Waals surface area contributed by atoms with E-state index < -0.39 is 29.9 Å². The highest BCUT2D eigenvalue weighted by Crippen LogP contribution is 2.29. The molecule has 2 atom stereocenters. The molecule has 0 saturated carbocycles. The molecule has 1 aromatic carbocycles. The molecule has 0 unspecified atom stereocenters. The maximum atomic E-state index is 13.9. The van der Waals surface area contributed by atoms with E-state index in [1.54, 1.807) is 6.08 Å². The van der Waals surface area contributed by atoms with Gasteiger partial charge in [0.05, 0.1) is 18.9 Å². The van der Waals surface area contributed by atoms with Gasteiger partial charge in [0.1, 0.15) is 17.7 Å². The Labute approximate surface area is 128 Å². The number of nitrogens with one attached hydrogen (secondary N) is 1. The van der Waals surface area contributed by atoms with Gasteiger partial charge in [0.15, 0.2) is 0 Å². The number of halogens is 2. The van der Waals surface area contributed by atoms with Gasteiger partial charge in [-0.05, 0) is 37.1 Å². The predicted octanol–water partition coefficient (Wildman–Crippen LogP) is 3.83. The predicted molar refractivity (Wildman–Crippen MR) is 77.1 cm³/mol. The minimum atomic E-state index is -0.792. The van der Waals surface area contributed by atoms with Crippen molar-refractivity contribution >= 4 is 6.09 Å². The van der Waals surface area contributed by atoms with E-state index in [9.17, 15) is 13.6 Å². The lowest BCUT2D eigenvalue weighted by Crippen LogP contribution is -2.41. The van der Waals surface area contributed by atoms with E-state index in [2.05, 4.69) is 5.32 Å². The Morgan fingerprint density at radius 1 is 1.45 bits per heavy atom. The molecule has 2 rings (SSSR count). The number of rotatable bonds is 5. The van der Waals surface area contributed by atoms with Gasteiger partial charge in [-0.25, -0.2) is 13.6 Å². The van der Waals surface area contributed by atoms with Gasteiger partial charge < -0.3 is 14.8 Å². The number of unbranched alkanes of at least 4 members (excludes halogenated alkanes) is 1. The van der Waals surface area contributed by atoms with Crippen LogP contribution in [0.1, 0.15) is 37.9 Å². The van der Waals surface area contributed by atoms with Crippen molar-refractivity contribution in [3.8, 4) is 0 Å². The van der Waals surface area contributed by atoms with Crippen LogP contribution in [0, 0.1) is 11.6 Å². The number of hydrogen-bond donors (Lipinski definition) is 1. The van der Waals surface area contributed by atoms with Crippen LogP contribution in [0.15, 0.2) is 30.5 Å². The summed E-state index contributed by atoms with van der Waals surface area (Å²) in [5.41, 5.74) is 0.0724. The highest BCUT2D eigenvalue weighted by molar-refractivity contribution is 5.67. The van der Waals surface area contributed by atoms with Gasteiger partial charge in [-0.15, -0.1) is 0 Å². The van der Waals surface area contributed by atoms with Crippen LogP contribution in [0.3, 0.4) is 0 Å². The highest BCUT2D eigenvalue weighted by Gasteiger charge is 2.30. The number of benzene rings is 1. The van der Waals surface area contributed by atoms with E-state index in [4.69, 9.17) is 9.47 Å². The Balaban J connectivity index is 2.07. The first-order chi connectivity index (χ1) is 10.6. The lowest BCUT2D eigenvalue weighted by Gasteiger charge is -2.29. The molecular weight excluding hydrogens is 292 g/mol. The van der Waals surface area contributed by atoms with Gasteiger partial charge in [-0.1, -0.05) is 13.3 Å². The summed E-state index contributed by atoms with van der Waals surface area (Å²) < 4.78 is 37.7. The van der Waals surface area contributed by atoms with Crippen LogP contribution in [0.2, 0.25) is 0 Å². The molecule has 0 bridgehead atoms. The molecule has 1 aromatic rings. The Hall–Kier alpha value is -2.11. The fraction of sp³-hybridized carbons (Fsp3) is 0.438. The zero-order valence-electron chi connectivity index (χ0n) is 12.4. The Kier molecular flexibility index (Phi) is 5.75. The normalized spacial score (nSPS) is 20.3. The molecule has 0 radical (unpaired) electrons. The number of carbonyl (C=O) groups is 1. The van der Waals surface area contributed by atoms with Gasteiger partial charge >= 0.3 is 6.09 Å². The molecule has 1 aliphatic rings. The molecule has 6 heteroatoms. The minimum Gasteiger partial charge on any atom is -0.491 e. The van der Waals surface area contributed by atoms with Crippen molar-refractivity contribution in [2.45, 2.75) is 38.3 Å². The van der Waals surface area contributed by atoms with Gasteiger partial charge in [0, 0.05) is 5.56 Å². The molecular formula is C16H19F2NO3. The van der Waals surface area contributed by atoms with Crippen molar-refractivity contribution in [2.75, 3.05) is 6.61 Å². The van der Waals surface area contributed by atoms with Crippen molar-refractivity contribution in [2.24, 2.45) is 0 Å². The van der Waals surface area contributed by atoms with E-state index in [-0.39, 0.29) is 5.56 Å². The second kappa shape index (κ2) is 7.77. The molecule has 0 aromatic heterocycles. The second-order valence-corrected chi connectivity index (χ2v) is 5.07. The summed E-state index contributed by atoms with van der Waals surface area (Å²) in [5, 5.41) is 2.65. The molecule has 0 saturated heterocycles. The molecule has 22 heavy (non-hydrogen) atoms. The first-order valence-electron chi connectivity index (χ1n) is 7.30. The van der Waals surface area contributed by atoms with Crippen LogP contribution in [0.5, 0.6) is 0 Å². The van der Waals surface area contributed by atoms with E-state index >= 15 is 0 Å². The van der Waals surface area contributed by atoms with Crippen LogP contribution in [0.4, 0.5) is 13.6 Å². The molecule has 0 aliphatic carbocycles. The molecule has 1 amide bonds. The summed E-state index contributed by atoms with van der Waals surface area (Å²) in [5.74, 6) is -1.13. The van der Waals surface area contributed by atoms with E-state index in [1.165, 1.54) is 6.26 Å². The zero-order valence-corrected chi connectivity index (χ0v) is 12.4. The van der Waals surface area contributed by atoms with Crippen molar-refractivity contribution in [1.29, 1.82) is 0 Å². The Morgan fingerprint density at radius 2 is 2.27 bits per heavy atom. The summed E-state index contributed by atoms with van der Waals surface area (Å²) in [7, 11) is 0.